The van der Waals surface area contributed by atoms with Gasteiger partial charge in [0.25, 0.3) is 0 Å². The van der Waals surface area contributed by atoms with Crippen LogP contribution in [0.1, 0.15) is 20.3 Å². The lowest BCUT2D eigenvalue weighted by Crippen LogP contribution is -2.68. The molecule has 2 N–H and O–H groups in total. The fourth-order valence-electron chi connectivity index (χ4n) is 2.36. The van der Waals surface area contributed by atoms with Crippen LogP contribution in [0.4, 0.5) is 0 Å². The number of esters is 1. The van der Waals surface area contributed by atoms with Gasteiger partial charge in [0.2, 0.25) is 11.8 Å². The number of β-lactam (4-membered cyclic amide) rings is 1. The fourth-order valence-corrected chi connectivity index (χ4v) is 3.99. The number of carboxylic acids is 1. The largest absolute Gasteiger partial charge is 0.481 e. The maximum absolute atomic E-state index is 11.8. The number of nitrogens with one attached hydrogen (secondary N) is 1. The Morgan fingerprint density at radius 2 is 2.14 bits per heavy atom. The van der Waals surface area contributed by atoms with Crippen LogP contribution in [0.3, 0.4) is 0 Å². The lowest BCUT2D eigenvalue weighted by molar-refractivity contribution is -0.165. The molecule has 116 valence electrons. The molecular formula is C12H16N2O6S. The van der Waals surface area contributed by atoms with Crippen molar-refractivity contribution in [3.05, 3.63) is 0 Å². The molecular weight excluding hydrogens is 300 g/mol. The summed E-state index contributed by atoms with van der Waals surface area (Å²) in [5, 5.41) is 11.3. The molecule has 21 heavy (non-hydrogen) atoms. The number of hydrogen-bond donors (Lipinski definition) is 2. The molecule has 0 saturated carbocycles. The monoisotopic (exact) mass is 316 g/mol. The molecule has 0 aliphatic carbocycles. The van der Waals surface area contributed by atoms with Crippen molar-refractivity contribution in [2.75, 3.05) is 13.2 Å². The van der Waals surface area contributed by atoms with Crippen molar-refractivity contribution < 1.29 is 29.0 Å². The van der Waals surface area contributed by atoms with E-state index in [0.717, 1.165) is 0 Å². The van der Waals surface area contributed by atoms with Crippen molar-refractivity contribution in [3.63, 3.8) is 0 Å². The number of carbonyl (C=O) groups is 4. The average molecular weight is 316 g/mol. The maximum Gasteiger partial charge on any atom is 0.317 e. The van der Waals surface area contributed by atoms with Crippen LogP contribution in [0.25, 0.3) is 0 Å². The van der Waals surface area contributed by atoms with Crippen LogP contribution in [0.2, 0.25) is 0 Å². The van der Waals surface area contributed by atoms with Crippen LogP contribution < -0.4 is 5.32 Å². The van der Waals surface area contributed by atoms with Gasteiger partial charge in [-0.3, -0.25) is 19.2 Å². The number of ether oxygens (including phenoxy) is 1. The Morgan fingerprint density at radius 1 is 1.48 bits per heavy atom. The topological polar surface area (TPSA) is 113 Å². The quantitative estimate of drug-likeness (QED) is 0.525. The zero-order chi connectivity index (χ0) is 15.8. The van der Waals surface area contributed by atoms with Crippen LogP contribution in [0, 0.1) is 5.41 Å². The number of carbonyl (C=O) groups excluding carboxylic acids is 3. The molecule has 3 atom stereocenters. The van der Waals surface area contributed by atoms with Crippen LogP contribution in [-0.4, -0.2) is 57.7 Å². The molecule has 0 aromatic carbocycles. The minimum Gasteiger partial charge on any atom is -0.481 e. The number of amides is 2. The van der Waals surface area contributed by atoms with Crippen molar-refractivity contribution >= 4 is 35.5 Å². The van der Waals surface area contributed by atoms with E-state index in [1.54, 1.807) is 0 Å². The van der Waals surface area contributed by atoms with Crippen molar-refractivity contribution in [1.29, 1.82) is 0 Å². The highest BCUT2D eigenvalue weighted by atomic mass is 32.2. The first-order valence-corrected chi connectivity index (χ1v) is 7.29. The first-order chi connectivity index (χ1) is 9.76. The van der Waals surface area contributed by atoms with Gasteiger partial charge in [-0.1, -0.05) is 0 Å². The molecule has 2 heterocycles. The van der Waals surface area contributed by atoms with Crippen molar-refractivity contribution in [3.8, 4) is 0 Å². The number of hydrogen-bond acceptors (Lipinski definition) is 6. The van der Waals surface area contributed by atoms with E-state index < -0.39 is 29.3 Å². The molecule has 2 aliphatic rings. The number of thioether (sulfide) groups is 1. The minimum absolute atomic E-state index is 0.0863. The van der Waals surface area contributed by atoms with Gasteiger partial charge in [0.05, 0.1) is 17.2 Å². The number of nitrogens with zero attached hydrogens (tertiary/aromatic N) is 1. The first kappa shape index (κ1) is 15.6. The fraction of sp³-hybridized carbons (Fsp3) is 0.667. The summed E-state index contributed by atoms with van der Waals surface area (Å²) >= 11 is 1.20. The molecule has 2 fully saturated rings. The van der Waals surface area contributed by atoms with E-state index in [2.05, 4.69) is 5.32 Å². The predicted octanol–water partition coefficient (Wildman–Crippen LogP) is -0.612. The Hall–Kier alpha value is -1.77. The van der Waals surface area contributed by atoms with Gasteiger partial charge in [-0.15, -0.1) is 11.8 Å². The van der Waals surface area contributed by atoms with Gasteiger partial charge in [-0.25, -0.2) is 0 Å². The number of aliphatic carboxylic acids is 1. The molecule has 2 rings (SSSR count). The van der Waals surface area contributed by atoms with Gasteiger partial charge < -0.3 is 20.1 Å². The lowest BCUT2D eigenvalue weighted by Gasteiger charge is -2.52. The third-order valence-corrected chi connectivity index (χ3v) is 5.13. The lowest BCUT2D eigenvalue weighted by atomic mass is 9.85. The van der Waals surface area contributed by atoms with Crippen LogP contribution in [0.15, 0.2) is 0 Å². The second-order valence-corrected chi connectivity index (χ2v) is 6.43. The SMILES string of the molecule is CC(=O)NC1S[C@@H]2CC(=O)N2CC1(COC(C)=O)C(=O)O. The zero-order valence-corrected chi connectivity index (χ0v) is 12.4. The second kappa shape index (κ2) is 5.55. The standard InChI is InChI=1S/C12H16N2O6S/c1-6(15)13-10-12(11(18)19,5-20-7(2)16)4-14-8(17)3-9(14)21-10/h9-10H,3-5H2,1-2H3,(H,13,15)(H,18,19)/t9-,10?,12?/m1/s1. The van der Waals surface area contributed by atoms with E-state index in [1.165, 1.54) is 30.5 Å². The third kappa shape index (κ3) is 2.82. The van der Waals surface area contributed by atoms with E-state index in [1.807, 2.05) is 0 Å². The summed E-state index contributed by atoms with van der Waals surface area (Å²) in [7, 11) is 0. The van der Waals surface area contributed by atoms with Gasteiger partial charge in [-0.05, 0) is 0 Å². The van der Waals surface area contributed by atoms with E-state index >= 15 is 0 Å². The smallest absolute Gasteiger partial charge is 0.317 e. The molecule has 2 saturated heterocycles. The van der Waals surface area contributed by atoms with Gasteiger partial charge >= 0.3 is 11.9 Å². The Bertz CT molecular complexity index is 510. The van der Waals surface area contributed by atoms with Crippen molar-refractivity contribution in [2.45, 2.75) is 31.0 Å². The molecule has 0 aromatic heterocycles. The first-order valence-electron chi connectivity index (χ1n) is 6.35. The number of carboxylic acid groups (broad SMARTS) is 1. The van der Waals surface area contributed by atoms with Crippen LogP contribution >= 0.6 is 11.8 Å². The van der Waals surface area contributed by atoms with E-state index in [-0.39, 0.29) is 23.7 Å². The summed E-state index contributed by atoms with van der Waals surface area (Å²) < 4.78 is 4.88. The van der Waals surface area contributed by atoms with Gasteiger partial charge in [-0.2, -0.15) is 0 Å². The van der Waals surface area contributed by atoms with E-state index in [0.29, 0.717) is 6.42 Å². The summed E-state index contributed by atoms with van der Waals surface area (Å²) in [6.07, 6.45) is 0.323. The molecule has 2 aliphatic heterocycles. The highest BCUT2D eigenvalue weighted by molar-refractivity contribution is 8.00. The Balaban J connectivity index is 2.28. The third-order valence-electron chi connectivity index (χ3n) is 3.56. The van der Waals surface area contributed by atoms with Crippen LogP contribution in [-0.2, 0) is 23.9 Å². The van der Waals surface area contributed by atoms with E-state index in [4.69, 9.17) is 4.74 Å². The molecule has 8 nitrogen and oxygen atoms in total. The van der Waals surface area contributed by atoms with Gasteiger partial charge in [0.1, 0.15) is 12.0 Å². The summed E-state index contributed by atoms with van der Waals surface area (Å²) in [6, 6.07) is 0. The normalized spacial score (nSPS) is 31.0. The molecule has 0 bridgehead atoms. The van der Waals surface area contributed by atoms with Gasteiger partial charge in [0.15, 0.2) is 0 Å². The zero-order valence-electron chi connectivity index (χ0n) is 11.6. The van der Waals surface area contributed by atoms with E-state index in [9.17, 15) is 24.3 Å². The molecule has 2 unspecified atom stereocenters. The Labute approximate surface area is 125 Å². The molecule has 9 heteroatoms. The predicted molar refractivity (Wildman–Crippen MR) is 72.0 cm³/mol. The van der Waals surface area contributed by atoms with Crippen molar-refractivity contribution in [2.24, 2.45) is 5.41 Å². The Morgan fingerprint density at radius 3 is 2.62 bits per heavy atom. The summed E-state index contributed by atoms with van der Waals surface area (Å²) in [4.78, 5) is 47.1. The number of fused-ring (bicyclic) bond motifs is 1. The molecule has 2 amide bonds. The molecule has 0 spiro atoms. The number of rotatable bonds is 4. The Kier molecular flexibility index (Phi) is 4.13. The summed E-state index contributed by atoms with van der Waals surface area (Å²) in [6.45, 7) is 1.98. The average Bonchev–Trinajstić information content (AvgIpc) is 2.36. The minimum atomic E-state index is -1.55. The second-order valence-electron chi connectivity index (χ2n) is 5.14. The highest BCUT2D eigenvalue weighted by Gasteiger charge is 2.58. The molecule has 0 radical (unpaired) electrons. The van der Waals surface area contributed by atoms with Crippen molar-refractivity contribution in [1.82, 2.24) is 10.2 Å². The van der Waals surface area contributed by atoms with Gasteiger partial charge in [0, 0.05) is 20.4 Å². The maximum atomic E-state index is 11.8. The summed E-state index contributed by atoms with van der Waals surface area (Å²) in [5.74, 6) is -2.34. The highest BCUT2D eigenvalue weighted by Crippen LogP contribution is 2.46. The van der Waals surface area contributed by atoms with Crippen LogP contribution in [0.5, 0.6) is 0 Å². The molecule has 0 aromatic rings. The summed E-state index contributed by atoms with van der Waals surface area (Å²) in [5.41, 5.74) is -1.55.